The molecule has 0 saturated heterocycles. The number of nitrogens with one attached hydrogen (secondary N) is 1. The zero-order valence-corrected chi connectivity index (χ0v) is 13.0. The van der Waals surface area contributed by atoms with Crippen LogP contribution in [-0.2, 0) is 0 Å². The lowest BCUT2D eigenvalue weighted by Crippen LogP contribution is -2.01. The van der Waals surface area contributed by atoms with Crippen LogP contribution >= 0.6 is 34.8 Å². The molecule has 0 atom stereocenters. The Morgan fingerprint density at radius 1 is 0.905 bits per heavy atom. The summed E-state index contributed by atoms with van der Waals surface area (Å²) in [6.45, 7) is 0. The van der Waals surface area contributed by atoms with Crippen LogP contribution in [-0.4, -0.2) is 9.55 Å². The van der Waals surface area contributed by atoms with E-state index in [0.717, 1.165) is 10.6 Å². The van der Waals surface area contributed by atoms with Gasteiger partial charge in [-0.25, -0.2) is 17.6 Å². The summed E-state index contributed by atoms with van der Waals surface area (Å²) in [6.07, 6.45) is 0. The second-order valence-electron chi connectivity index (χ2n) is 4.27. The van der Waals surface area contributed by atoms with Crippen LogP contribution < -0.4 is 0 Å². The van der Waals surface area contributed by atoms with Crippen molar-refractivity contribution in [3.8, 4) is 5.69 Å². The second-order valence-corrected chi connectivity index (χ2v) is 5.82. The first-order valence-corrected chi connectivity index (χ1v) is 7.12. The monoisotopic (exact) mass is 424 g/mol. The Balaban J connectivity index is 2.40. The lowest BCUT2D eigenvalue weighted by molar-refractivity contribution is 0.493. The molecule has 1 N–H and O–H groups in total. The normalized spacial score (nSPS) is 11.3. The number of imidazole rings is 1. The molecule has 0 bridgehead atoms. The van der Waals surface area contributed by atoms with Gasteiger partial charge in [0.2, 0.25) is 0 Å². The second kappa shape index (κ2) is 5.09. The summed E-state index contributed by atoms with van der Waals surface area (Å²) in [4.78, 5) is 2.78. The maximum Gasteiger partial charge on any atom is 0.182 e. The molecule has 0 saturated carbocycles. The highest BCUT2D eigenvalue weighted by Crippen LogP contribution is 2.26. The van der Waals surface area contributed by atoms with Crippen molar-refractivity contribution in [2.75, 3.05) is 0 Å². The van der Waals surface area contributed by atoms with Crippen LogP contribution in [0.3, 0.4) is 0 Å². The fraction of sp³-hybridized carbons (Fsp3) is 0. The molecule has 0 spiro atoms. The quantitative estimate of drug-likeness (QED) is 0.257. The Morgan fingerprint density at radius 3 is 2.29 bits per heavy atom. The molecule has 1 aromatic heterocycles. The van der Waals surface area contributed by atoms with Crippen LogP contribution in [0.2, 0.25) is 0 Å². The average Bonchev–Trinajstić information content (AvgIpc) is 2.70. The molecule has 0 amide bonds. The molecule has 21 heavy (non-hydrogen) atoms. The fourth-order valence-electron chi connectivity index (χ4n) is 2.02. The van der Waals surface area contributed by atoms with Crippen molar-refractivity contribution < 1.29 is 17.6 Å². The molecule has 3 rings (SSSR count). The Hall–Kier alpha value is -1.42. The summed E-state index contributed by atoms with van der Waals surface area (Å²) in [7, 11) is 0. The van der Waals surface area contributed by atoms with Gasteiger partial charge < -0.3 is 4.98 Å². The van der Waals surface area contributed by atoms with Crippen molar-refractivity contribution in [3.63, 3.8) is 0 Å². The topological polar surface area (TPSA) is 20.7 Å². The molecule has 0 aliphatic rings. The summed E-state index contributed by atoms with van der Waals surface area (Å²) in [6, 6.07) is 3.76. The van der Waals surface area contributed by atoms with Gasteiger partial charge in [0, 0.05) is 18.2 Å². The van der Waals surface area contributed by atoms with E-state index in [9.17, 15) is 17.6 Å². The molecule has 0 radical (unpaired) electrons. The molecular weight excluding hydrogens is 419 g/mol. The summed E-state index contributed by atoms with van der Waals surface area (Å²) in [5.41, 5.74) is 0.420. The van der Waals surface area contributed by atoms with E-state index >= 15 is 0 Å². The third kappa shape index (κ3) is 2.35. The maximum absolute atomic E-state index is 13.9. The maximum atomic E-state index is 13.9. The van der Waals surface area contributed by atoms with E-state index in [4.69, 9.17) is 12.2 Å². The van der Waals surface area contributed by atoms with Gasteiger partial charge in [0.1, 0.15) is 11.6 Å². The number of aromatic amines is 1. The highest BCUT2D eigenvalue weighted by molar-refractivity contribution is 14.1. The molecule has 8 heteroatoms. The molecule has 0 fully saturated rings. The number of hydrogen-bond acceptors (Lipinski definition) is 1. The van der Waals surface area contributed by atoms with Gasteiger partial charge >= 0.3 is 0 Å². The Bertz CT molecular complexity index is 932. The zero-order valence-electron chi connectivity index (χ0n) is 10.1. The minimum atomic E-state index is -1.30. The number of rotatable bonds is 1. The largest absolute Gasteiger partial charge is 0.330 e. The summed E-state index contributed by atoms with van der Waals surface area (Å²) >= 11 is 6.86. The van der Waals surface area contributed by atoms with E-state index in [1.165, 1.54) is 6.07 Å². The van der Waals surface area contributed by atoms with Crippen LogP contribution in [0.25, 0.3) is 16.7 Å². The SMILES string of the molecule is Fc1cc(F)c(-n2c(=S)[nH]c3cc(I)c(F)cc32)cc1F. The number of hydrogen-bond donors (Lipinski definition) is 1. The molecule has 3 aromatic rings. The lowest BCUT2D eigenvalue weighted by Gasteiger charge is -2.07. The zero-order chi connectivity index (χ0) is 15.3. The van der Waals surface area contributed by atoms with Gasteiger partial charge in [0.05, 0.1) is 20.3 Å². The van der Waals surface area contributed by atoms with Gasteiger partial charge in [-0.15, -0.1) is 0 Å². The number of H-pyrrole nitrogens is 1. The van der Waals surface area contributed by atoms with Crippen molar-refractivity contribution in [3.05, 3.63) is 55.9 Å². The average molecular weight is 424 g/mol. The van der Waals surface area contributed by atoms with Gasteiger partial charge in [0.15, 0.2) is 16.4 Å². The van der Waals surface area contributed by atoms with Gasteiger partial charge in [-0.3, -0.25) is 4.57 Å². The molecule has 2 aromatic carbocycles. The number of aromatic nitrogens is 2. The number of nitrogens with zero attached hydrogens (tertiary/aromatic N) is 1. The van der Waals surface area contributed by atoms with Crippen molar-refractivity contribution in [2.24, 2.45) is 0 Å². The predicted octanol–water partition coefficient (Wildman–Crippen LogP) is 4.85. The Kier molecular flexibility index (Phi) is 3.52. The van der Waals surface area contributed by atoms with E-state index < -0.39 is 23.3 Å². The molecule has 0 unspecified atom stereocenters. The van der Waals surface area contributed by atoms with Crippen LogP contribution in [0.1, 0.15) is 0 Å². The minimum absolute atomic E-state index is 0.0521. The van der Waals surface area contributed by atoms with Gasteiger partial charge in [0.25, 0.3) is 0 Å². The first-order chi connectivity index (χ1) is 9.88. The van der Waals surface area contributed by atoms with Crippen molar-refractivity contribution in [1.29, 1.82) is 0 Å². The van der Waals surface area contributed by atoms with E-state index in [1.807, 2.05) is 0 Å². The van der Waals surface area contributed by atoms with E-state index in [-0.39, 0.29) is 16.0 Å². The highest BCUT2D eigenvalue weighted by Gasteiger charge is 2.16. The molecular formula is C13H5F4IN2S. The van der Waals surface area contributed by atoms with Crippen LogP contribution in [0.4, 0.5) is 17.6 Å². The van der Waals surface area contributed by atoms with Crippen LogP contribution in [0.5, 0.6) is 0 Å². The van der Waals surface area contributed by atoms with Crippen LogP contribution in [0.15, 0.2) is 24.3 Å². The molecule has 0 aliphatic heterocycles. The molecule has 108 valence electrons. The van der Waals surface area contributed by atoms with Gasteiger partial charge in [-0.05, 0) is 40.9 Å². The number of fused-ring (bicyclic) bond motifs is 1. The fourth-order valence-corrected chi connectivity index (χ4v) is 2.80. The molecule has 2 nitrogen and oxygen atoms in total. The molecule has 0 aliphatic carbocycles. The number of halogens is 5. The first-order valence-electron chi connectivity index (χ1n) is 5.63. The van der Waals surface area contributed by atoms with Crippen molar-refractivity contribution in [1.82, 2.24) is 9.55 Å². The minimum Gasteiger partial charge on any atom is -0.330 e. The van der Waals surface area contributed by atoms with Crippen molar-refractivity contribution >= 4 is 45.8 Å². The van der Waals surface area contributed by atoms with E-state index in [2.05, 4.69) is 4.98 Å². The standard InChI is InChI=1S/C13H5F4IN2S/c14-5-1-8(17)11(2-6(5)15)20-12-3-7(16)9(18)4-10(12)19-13(20)21/h1-4H,(H,19,21). The summed E-state index contributed by atoms with van der Waals surface area (Å²) < 4.78 is 55.5. The summed E-state index contributed by atoms with van der Waals surface area (Å²) in [5.74, 6) is -4.03. The number of benzene rings is 2. The van der Waals surface area contributed by atoms with Crippen LogP contribution in [0, 0.1) is 31.6 Å². The highest BCUT2D eigenvalue weighted by atomic mass is 127. The van der Waals surface area contributed by atoms with Gasteiger partial charge in [-0.2, -0.15) is 0 Å². The third-order valence-electron chi connectivity index (χ3n) is 2.95. The smallest absolute Gasteiger partial charge is 0.182 e. The predicted molar refractivity (Wildman–Crippen MR) is 81.0 cm³/mol. The summed E-state index contributed by atoms with van der Waals surface area (Å²) in [5, 5.41) is 0. The molecule has 1 heterocycles. The Morgan fingerprint density at radius 2 is 1.57 bits per heavy atom. The van der Waals surface area contributed by atoms with Crippen molar-refractivity contribution in [2.45, 2.75) is 0 Å². The Labute approximate surface area is 134 Å². The first kappa shape index (κ1) is 14.5. The van der Waals surface area contributed by atoms with Gasteiger partial charge in [-0.1, -0.05) is 0 Å². The van der Waals surface area contributed by atoms with E-state index in [0.29, 0.717) is 21.2 Å². The third-order valence-corrected chi connectivity index (χ3v) is 4.07. The lowest BCUT2D eigenvalue weighted by atomic mass is 10.2. The van der Waals surface area contributed by atoms with E-state index in [1.54, 1.807) is 22.6 Å².